The molecule has 3 rings (SSSR count). The fourth-order valence-corrected chi connectivity index (χ4v) is 3.76. The number of benzene rings is 2. The summed E-state index contributed by atoms with van der Waals surface area (Å²) in [5.74, 6) is 1.47. The lowest BCUT2D eigenvalue weighted by molar-refractivity contribution is 0.323. The van der Waals surface area contributed by atoms with Crippen molar-refractivity contribution in [2.75, 3.05) is 21.3 Å². The van der Waals surface area contributed by atoms with Crippen LogP contribution in [0.2, 0.25) is 0 Å². The molecule has 0 amide bonds. The van der Waals surface area contributed by atoms with Crippen LogP contribution in [0, 0.1) is 4.91 Å². The Kier molecular flexibility index (Phi) is 5.53. The van der Waals surface area contributed by atoms with Crippen molar-refractivity contribution in [3.8, 4) is 27.7 Å². The van der Waals surface area contributed by atoms with Crippen molar-refractivity contribution in [1.29, 1.82) is 0 Å². The van der Waals surface area contributed by atoms with Gasteiger partial charge in [-0.1, -0.05) is 35.5 Å². The van der Waals surface area contributed by atoms with Gasteiger partial charge in [-0.2, -0.15) is 0 Å². The first-order valence-corrected chi connectivity index (χ1v) is 8.86. The Morgan fingerprint density at radius 3 is 2.08 bits per heavy atom. The molecule has 1 heterocycles. The van der Waals surface area contributed by atoms with Crippen molar-refractivity contribution in [2.24, 2.45) is 5.18 Å². The molecule has 0 bridgehead atoms. The van der Waals surface area contributed by atoms with Gasteiger partial charge in [0.15, 0.2) is 11.5 Å². The molecule has 3 aromatic rings. The van der Waals surface area contributed by atoms with E-state index in [-0.39, 0.29) is 0 Å². The van der Waals surface area contributed by atoms with Gasteiger partial charge in [-0.3, -0.25) is 0 Å². The Labute approximate surface area is 156 Å². The van der Waals surface area contributed by atoms with E-state index in [2.05, 4.69) is 5.18 Å². The third-order valence-corrected chi connectivity index (χ3v) is 5.10. The van der Waals surface area contributed by atoms with Gasteiger partial charge in [0.2, 0.25) is 5.75 Å². The molecule has 1 aromatic heterocycles. The smallest absolute Gasteiger partial charge is 0.203 e. The van der Waals surface area contributed by atoms with Crippen molar-refractivity contribution in [1.82, 2.24) is 0 Å². The number of rotatable bonds is 7. The molecule has 5 nitrogen and oxygen atoms in total. The van der Waals surface area contributed by atoms with E-state index in [9.17, 15) is 4.91 Å². The highest BCUT2D eigenvalue weighted by Crippen LogP contribution is 2.42. The third-order valence-electron chi connectivity index (χ3n) is 4.10. The second kappa shape index (κ2) is 8.01. The summed E-state index contributed by atoms with van der Waals surface area (Å²) < 4.78 is 16.1. The zero-order valence-electron chi connectivity index (χ0n) is 14.8. The molecular formula is C20H19NO4S. The first-order chi connectivity index (χ1) is 12.7. The second-order valence-corrected chi connectivity index (χ2v) is 6.49. The van der Waals surface area contributed by atoms with Gasteiger partial charge in [0.25, 0.3) is 0 Å². The summed E-state index contributed by atoms with van der Waals surface area (Å²) in [4.78, 5) is 12.7. The molecule has 6 heteroatoms. The van der Waals surface area contributed by atoms with Gasteiger partial charge in [-0.15, -0.1) is 16.2 Å². The molecule has 134 valence electrons. The first-order valence-electron chi connectivity index (χ1n) is 7.98. The van der Waals surface area contributed by atoms with Crippen LogP contribution in [0.4, 0.5) is 0 Å². The van der Waals surface area contributed by atoms with E-state index >= 15 is 0 Å². The second-order valence-electron chi connectivity index (χ2n) is 5.58. The van der Waals surface area contributed by atoms with Crippen LogP contribution in [0.5, 0.6) is 17.2 Å². The summed E-state index contributed by atoms with van der Waals surface area (Å²) in [6.45, 7) is 0. The minimum atomic E-state index is -0.655. The summed E-state index contributed by atoms with van der Waals surface area (Å²) in [7, 11) is 4.63. The molecule has 1 unspecified atom stereocenters. The Hall–Kier alpha value is -2.86. The molecule has 1 atom stereocenters. The van der Waals surface area contributed by atoms with Crippen molar-refractivity contribution in [2.45, 2.75) is 6.04 Å². The predicted octanol–water partition coefficient (Wildman–Crippen LogP) is 5.30. The van der Waals surface area contributed by atoms with Crippen LogP contribution in [0.15, 0.2) is 59.1 Å². The van der Waals surface area contributed by atoms with E-state index in [0.29, 0.717) is 22.8 Å². The lowest BCUT2D eigenvalue weighted by atomic mass is 10.00. The molecule has 26 heavy (non-hydrogen) atoms. The summed E-state index contributed by atoms with van der Waals surface area (Å²) in [5, 5.41) is 5.30. The SMILES string of the molecule is COc1cc(C(N=O)c2csc(-c3ccccc3)c2)cc(OC)c1OC. The van der Waals surface area contributed by atoms with E-state index in [1.807, 2.05) is 41.8 Å². The zero-order valence-corrected chi connectivity index (χ0v) is 15.6. The van der Waals surface area contributed by atoms with Crippen molar-refractivity contribution < 1.29 is 14.2 Å². The average molecular weight is 369 g/mol. The van der Waals surface area contributed by atoms with Crippen molar-refractivity contribution in [3.63, 3.8) is 0 Å². The molecule has 0 N–H and O–H groups in total. The Balaban J connectivity index is 2.02. The fourth-order valence-electron chi connectivity index (χ4n) is 2.82. The van der Waals surface area contributed by atoms with Crippen LogP contribution in [-0.4, -0.2) is 21.3 Å². The van der Waals surface area contributed by atoms with E-state index in [4.69, 9.17) is 14.2 Å². The minimum Gasteiger partial charge on any atom is -0.493 e. The van der Waals surface area contributed by atoms with Crippen LogP contribution < -0.4 is 14.2 Å². The van der Waals surface area contributed by atoms with E-state index < -0.39 is 6.04 Å². The Morgan fingerprint density at radius 1 is 0.885 bits per heavy atom. The topological polar surface area (TPSA) is 57.1 Å². The van der Waals surface area contributed by atoms with Crippen molar-refractivity contribution in [3.05, 3.63) is 69.9 Å². The van der Waals surface area contributed by atoms with E-state index in [1.165, 1.54) is 0 Å². The molecule has 0 saturated heterocycles. The summed E-state index contributed by atoms with van der Waals surface area (Å²) in [6, 6.07) is 14.9. The van der Waals surface area contributed by atoms with Gasteiger partial charge < -0.3 is 14.2 Å². The quantitative estimate of drug-likeness (QED) is 0.531. The lowest BCUT2D eigenvalue weighted by Gasteiger charge is -2.16. The van der Waals surface area contributed by atoms with Gasteiger partial charge in [0, 0.05) is 4.88 Å². The highest BCUT2D eigenvalue weighted by atomic mass is 32.1. The number of ether oxygens (including phenoxy) is 3. The number of methoxy groups -OCH3 is 3. The fraction of sp³-hybridized carbons (Fsp3) is 0.200. The number of nitroso groups, excluding NO2 is 1. The van der Waals surface area contributed by atoms with Gasteiger partial charge in [0.1, 0.15) is 6.04 Å². The maximum Gasteiger partial charge on any atom is 0.203 e. The van der Waals surface area contributed by atoms with E-state index in [1.54, 1.807) is 44.8 Å². The van der Waals surface area contributed by atoms with E-state index in [0.717, 1.165) is 16.0 Å². The average Bonchev–Trinajstić information content (AvgIpc) is 3.18. The summed E-state index contributed by atoms with van der Waals surface area (Å²) >= 11 is 1.58. The van der Waals surface area contributed by atoms with Gasteiger partial charge in [-0.05, 0) is 40.3 Å². The summed E-state index contributed by atoms with van der Waals surface area (Å²) in [6.07, 6.45) is 0. The predicted molar refractivity (Wildman–Crippen MR) is 103 cm³/mol. The monoisotopic (exact) mass is 369 g/mol. The maximum absolute atomic E-state index is 11.6. The highest BCUT2D eigenvalue weighted by molar-refractivity contribution is 7.13. The van der Waals surface area contributed by atoms with Gasteiger partial charge >= 0.3 is 0 Å². The number of thiophene rings is 1. The van der Waals surface area contributed by atoms with Crippen molar-refractivity contribution >= 4 is 11.3 Å². The molecule has 0 aliphatic carbocycles. The number of nitrogens with zero attached hydrogens (tertiary/aromatic N) is 1. The van der Waals surface area contributed by atoms with Gasteiger partial charge in [0.05, 0.1) is 21.3 Å². The molecular weight excluding hydrogens is 350 g/mol. The molecule has 0 radical (unpaired) electrons. The number of hydrogen-bond acceptors (Lipinski definition) is 6. The minimum absolute atomic E-state index is 0.485. The highest BCUT2D eigenvalue weighted by Gasteiger charge is 2.22. The van der Waals surface area contributed by atoms with Crippen LogP contribution in [0.3, 0.4) is 0 Å². The standard InChI is InChI=1S/C20H19NO4S/c1-23-16-9-14(10-17(24-2)20(16)25-3)19(21-22)15-11-18(26-12-15)13-7-5-4-6-8-13/h4-12,19H,1-3H3. The normalized spacial score (nSPS) is 11.7. The van der Waals surface area contributed by atoms with Crippen LogP contribution >= 0.6 is 11.3 Å². The number of hydrogen-bond donors (Lipinski definition) is 0. The molecule has 0 saturated carbocycles. The molecule has 0 aliphatic heterocycles. The zero-order chi connectivity index (χ0) is 18.5. The van der Waals surface area contributed by atoms with Crippen LogP contribution in [0.1, 0.15) is 17.2 Å². The molecule has 2 aromatic carbocycles. The molecule has 0 spiro atoms. The maximum atomic E-state index is 11.6. The Morgan fingerprint density at radius 2 is 1.54 bits per heavy atom. The lowest BCUT2D eigenvalue weighted by Crippen LogP contribution is -2.01. The molecule has 0 aliphatic rings. The summed E-state index contributed by atoms with van der Waals surface area (Å²) in [5.41, 5.74) is 2.63. The first kappa shape index (κ1) is 17.9. The van der Waals surface area contributed by atoms with Gasteiger partial charge in [-0.25, -0.2) is 0 Å². The largest absolute Gasteiger partial charge is 0.493 e. The molecule has 0 fully saturated rings. The Bertz CT molecular complexity index is 867. The third kappa shape index (κ3) is 3.41. The van der Waals surface area contributed by atoms with Crippen LogP contribution in [0.25, 0.3) is 10.4 Å². The van der Waals surface area contributed by atoms with Crippen LogP contribution in [-0.2, 0) is 0 Å².